The molecule has 3 heterocycles. The Balaban J connectivity index is 1.67. The van der Waals surface area contributed by atoms with Crippen LogP contribution in [0.2, 0.25) is 0 Å². The van der Waals surface area contributed by atoms with E-state index in [1.807, 2.05) is 0 Å². The Kier molecular flexibility index (Phi) is 4.41. The molecule has 9 nitrogen and oxygen atoms in total. The summed E-state index contributed by atoms with van der Waals surface area (Å²) in [5, 5.41) is 0. The smallest absolute Gasteiger partial charge is 0.272 e. The van der Waals surface area contributed by atoms with Crippen molar-refractivity contribution in [1.82, 2.24) is 4.98 Å². The maximum Gasteiger partial charge on any atom is 0.272 e. The van der Waals surface area contributed by atoms with Crippen LogP contribution in [0.1, 0.15) is 31.1 Å². The molecular formula is C21H22N4O5. The van der Waals surface area contributed by atoms with Gasteiger partial charge in [-0.3, -0.25) is 19.3 Å². The van der Waals surface area contributed by atoms with Gasteiger partial charge in [-0.2, -0.15) is 0 Å². The molecule has 0 radical (unpaired) electrons. The number of hydrogen-bond donors (Lipinski definition) is 1. The van der Waals surface area contributed by atoms with Gasteiger partial charge in [0.15, 0.2) is 29.1 Å². The summed E-state index contributed by atoms with van der Waals surface area (Å²) in [4.78, 5) is 45.1. The lowest BCUT2D eigenvalue weighted by Crippen LogP contribution is -2.54. The number of benzene rings is 1. The zero-order chi connectivity index (χ0) is 21.8. The van der Waals surface area contributed by atoms with Crippen molar-refractivity contribution in [3.05, 3.63) is 35.9 Å². The second kappa shape index (κ2) is 6.72. The fraction of sp³-hybridized carbons (Fsp3) is 0.333. The minimum absolute atomic E-state index is 0.203. The van der Waals surface area contributed by atoms with Crippen LogP contribution < -0.4 is 25.0 Å². The van der Waals surface area contributed by atoms with Gasteiger partial charge in [-0.1, -0.05) is 0 Å². The summed E-state index contributed by atoms with van der Waals surface area (Å²) < 4.78 is 11.3. The van der Waals surface area contributed by atoms with Crippen LogP contribution in [-0.2, 0) is 9.59 Å². The standard InChI is InChI=1S/C21H22N4O5/c1-11-19(27)24(4)13-9-12(5-6-15(13)29-11)14(26)10-25-18-16(7-8-17(22)23-18)30-21(2,3)20(25)28/h5-9,11H,10H2,1-4H3,(H2,22,23). The molecule has 1 aromatic carbocycles. The molecule has 9 heteroatoms. The largest absolute Gasteiger partial charge is 0.479 e. The van der Waals surface area contributed by atoms with Crippen molar-refractivity contribution in [2.75, 3.05) is 29.1 Å². The summed E-state index contributed by atoms with van der Waals surface area (Å²) in [5.74, 6) is 0.384. The number of carbonyl (C=O) groups excluding carboxylic acids is 3. The first-order valence-corrected chi connectivity index (χ1v) is 9.47. The SMILES string of the molecule is CC1Oc2ccc(C(=O)CN3C(=O)C(C)(C)Oc4ccc(N)nc43)cc2N(C)C1=O. The highest BCUT2D eigenvalue weighted by Gasteiger charge is 2.42. The number of ketones is 1. The van der Waals surface area contributed by atoms with E-state index >= 15 is 0 Å². The van der Waals surface area contributed by atoms with Crippen molar-refractivity contribution in [2.24, 2.45) is 0 Å². The van der Waals surface area contributed by atoms with Crippen LogP contribution in [0.3, 0.4) is 0 Å². The molecule has 4 rings (SSSR count). The van der Waals surface area contributed by atoms with Gasteiger partial charge in [0.25, 0.3) is 11.8 Å². The van der Waals surface area contributed by atoms with Gasteiger partial charge in [-0.05, 0) is 51.1 Å². The molecular weight excluding hydrogens is 388 g/mol. The molecule has 1 unspecified atom stereocenters. The van der Waals surface area contributed by atoms with Gasteiger partial charge >= 0.3 is 0 Å². The first-order chi connectivity index (χ1) is 14.1. The molecule has 30 heavy (non-hydrogen) atoms. The van der Waals surface area contributed by atoms with E-state index in [-0.39, 0.29) is 29.9 Å². The highest BCUT2D eigenvalue weighted by molar-refractivity contribution is 6.10. The van der Waals surface area contributed by atoms with Crippen LogP contribution >= 0.6 is 0 Å². The molecule has 0 fully saturated rings. The number of aromatic nitrogens is 1. The molecule has 156 valence electrons. The van der Waals surface area contributed by atoms with E-state index in [1.165, 1.54) is 9.80 Å². The lowest BCUT2D eigenvalue weighted by Gasteiger charge is -2.37. The van der Waals surface area contributed by atoms with Crippen molar-refractivity contribution in [1.29, 1.82) is 0 Å². The molecule has 2 aliphatic rings. The lowest BCUT2D eigenvalue weighted by atomic mass is 10.0. The molecule has 0 saturated heterocycles. The minimum atomic E-state index is -1.16. The summed E-state index contributed by atoms with van der Waals surface area (Å²) in [6, 6.07) is 8.05. The second-order valence-corrected chi connectivity index (χ2v) is 7.82. The minimum Gasteiger partial charge on any atom is -0.479 e. The fourth-order valence-electron chi connectivity index (χ4n) is 3.53. The van der Waals surface area contributed by atoms with E-state index in [0.717, 1.165) is 0 Å². The Hall–Kier alpha value is -3.62. The van der Waals surface area contributed by atoms with E-state index in [9.17, 15) is 14.4 Å². The number of hydrogen-bond acceptors (Lipinski definition) is 7. The van der Waals surface area contributed by atoms with Gasteiger partial charge in [0.1, 0.15) is 11.6 Å². The number of likely N-dealkylation sites (N-methyl/N-ethyl adjacent to an activating group) is 1. The Morgan fingerprint density at radius 1 is 1.20 bits per heavy atom. The van der Waals surface area contributed by atoms with Gasteiger partial charge in [0.2, 0.25) is 0 Å². The molecule has 0 spiro atoms. The van der Waals surface area contributed by atoms with E-state index in [2.05, 4.69) is 4.98 Å². The van der Waals surface area contributed by atoms with Crippen molar-refractivity contribution >= 4 is 34.9 Å². The van der Waals surface area contributed by atoms with E-state index in [4.69, 9.17) is 15.2 Å². The third-order valence-electron chi connectivity index (χ3n) is 5.17. The Morgan fingerprint density at radius 2 is 1.90 bits per heavy atom. The first-order valence-electron chi connectivity index (χ1n) is 9.47. The third kappa shape index (κ3) is 3.12. The molecule has 1 aromatic heterocycles. The first kappa shape index (κ1) is 19.7. The lowest BCUT2D eigenvalue weighted by molar-refractivity contribution is -0.132. The van der Waals surface area contributed by atoms with Crippen LogP contribution in [0.5, 0.6) is 11.5 Å². The number of Topliss-reactive ketones (excluding diaryl/α,β-unsaturated/α-hetero) is 1. The monoisotopic (exact) mass is 410 g/mol. The Morgan fingerprint density at radius 3 is 2.63 bits per heavy atom. The quantitative estimate of drug-likeness (QED) is 0.767. The van der Waals surface area contributed by atoms with Gasteiger partial charge < -0.3 is 20.1 Å². The summed E-state index contributed by atoms with van der Waals surface area (Å²) in [7, 11) is 1.63. The topological polar surface area (TPSA) is 115 Å². The zero-order valence-corrected chi connectivity index (χ0v) is 17.1. The van der Waals surface area contributed by atoms with Crippen LogP contribution in [-0.4, -0.2) is 47.9 Å². The fourth-order valence-corrected chi connectivity index (χ4v) is 3.53. The highest BCUT2D eigenvalue weighted by Crippen LogP contribution is 2.38. The number of pyridine rings is 1. The number of anilines is 3. The number of rotatable bonds is 3. The number of amides is 2. The molecule has 2 amide bonds. The molecule has 0 saturated carbocycles. The van der Waals surface area contributed by atoms with E-state index in [0.29, 0.717) is 22.7 Å². The van der Waals surface area contributed by atoms with Crippen molar-refractivity contribution < 1.29 is 23.9 Å². The van der Waals surface area contributed by atoms with Gasteiger partial charge in [0.05, 0.1) is 12.2 Å². The molecule has 1 atom stereocenters. The Labute approximate surface area is 173 Å². The average Bonchev–Trinajstić information content (AvgIpc) is 2.70. The van der Waals surface area contributed by atoms with E-state index < -0.39 is 17.6 Å². The third-order valence-corrected chi connectivity index (χ3v) is 5.17. The van der Waals surface area contributed by atoms with Crippen molar-refractivity contribution in [3.8, 4) is 11.5 Å². The summed E-state index contributed by atoms with van der Waals surface area (Å²) >= 11 is 0. The molecule has 2 N–H and O–H groups in total. The molecule has 0 aliphatic carbocycles. The van der Waals surface area contributed by atoms with Gasteiger partial charge in [-0.25, -0.2) is 4.98 Å². The number of carbonyl (C=O) groups is 3. The number of nitrogen functional groups attached to an aromatic ring is 1. The summed E-state index contributed by atoms with van der Waals surface area (Å²) in [6.45, 7) is 4.68. The Bertz CT molecular complexity index is 1080. The van der Waals surface area contributed by atoms with Crippen molar-refractivity contribution in [2.45, 2.75) is 32.5 Å². The van der Waals surface area contributed by atoms with Crippen molar-refractivity contribution in [3.63, 3.8) is 0 Å². The van der Waals surface area contributed by atoms with Gasteiger partial charge in [-0.15, -0.1) is 0 Å². The molecule has 2 aliphatic heterocycles. The van der Waals surface area contributed by atoms with Gasteiger partial charge in [0, 0.05) is 12.6 Å². The predicted octanol–water partition coefficient (Wildman–Crippen LogP) is 1.79. The highest BCUT2D eigenvalue weighted by atomic mass is 16.5. The number of nitrogens with two attached hydrogens (primary N) is 1. The van der Waals surface area contributed by atoms with Crippen LogP contribution in [0.15, 0.2) is 30.3 Å². The number of fused-ring (bicyclic) bond motifs is 2. The number of ether oxygens (including phenoxy) is 2. The summed E-state index contributed by atoms with van der Waals surface area (Å²) in [5.41, 5.74) is 5.46. The second-order valence-electron chi connectivity index (χ2n) is 7.82. The molecule has 2 aromatic rings. The maximum absolute atomic E-state index is 13.1. The van der Waals surface area contributed by atoms with Crippen LogP contribution in [0, 0.1) is 0 Å². The molecule has 0 bridgehead atoms. The number of nitrogens with zero attached hydrogens (tertiary/aromatic N) is 3. The average molecular weight is 410 g/mol. The summed E-state index contributed by atoms with van der Waals surface area (Å²) in [6.07, 6.45) is -0.592. The maximum atomic E-state index is 13.1. The van der Waals surface area contributed by atoms with E-state index in [1.54, 1.807) is 58.2 Å². The predicted molar refractivity (Wildman–Crippen MR) is 110 cm³/mol. The van der Waals surface area contributed by atoms with Crippen LogP contribution in [0.25, 0.3) is 0 Å². The normalized spacial score (nSPS) is 19.5. The zero-order valence-electron chi connectivity index (χ0n) is 17.1. The van der Waals surface area contributed by atoms with Crippen LogP contribution in [0.4, 0.5) is 17.3 Å².